The zero-order chi connectivity index (χ0) is 11.5. The summed E-state index contributed by atoms with van der Waals surface area (Å²) in [5.41, 5.74) is 6.59. The molecule has 5 heteroatoms. The molecule has 16 heavy (non-hydrogen) atoms. The largest absolute Gasteiger partial charge is 0.396 e. The van der Waals surface area contributed by atoms with E-state index in [2.05, 4.69) is 10.3 Å². The Morgan fingerprint density at radius 1 is 1.69 bits per heavy atom. The topological polar surface area (TPSA) is 95.0 Å². The molecule has 4 N–H and O–H groups in total. The molecular formula is C11H14N4O. The van der Waals surface area contributed by atoms with Crippen molar-refractivity contribution in [2.45, 2.75) is 18.9 Å². The molecule has 0 aliphatic heterocycles. The van der Waals surface area contributed by atoms with E-state index < -0.39 is 0 Å². The summed E-state index contributed by atoms with van der Waals surface area (Å²) in [4.78, 5) is 4.03. The van der Waals surface area contributed by atoms with Gasteiger partial charge in [-0.15, -0.1) is 0 Å². The molecule has 1 saturated carbocycles. The highest BCUT2D eigenvalue weighted by molar-refractivity contribution is 5.63. The van der Waals surface area contributed by atoms with Crippen molar-refractivity contribution in [3.05, 3.63) is 17.8 Å². The number of hydrogen-bond acceptors (Lipinski definition) is 5. The van der Waals surface area contributed by atoms with Crippen LogP contribution in [0.5, 0.6) is 0 Å². The Morgan fingerprint density at radius 3 is 3.00 bits per heavy atom. The molecule has 0 amide bonds. The molecule has 0 radical (unpaired) electrons. The van der Waals surface area contributed by atoms with Crippen LogP contribution in [0.15, 0.2) is 12.3 Å². The Hall–Kier alpha value is -1.80. The fourth-order valence-electron chi connectivity index (χ4n) is 1.54. The number of rotatable bonds is 4. The monoisotopic (exact) mass is 218 g/mol. The minimum atomic E-state index is -0.336. The average molecular weight is 218 g/mol. The molecule has 0 spiro atoms. The Labute approximate surface area is 93.9 Å². The molecule has 1 fully saturated rings. The highest BCUT2D eigenvalue weighted by atomic mass is 16.3. The van der Waals surface area contributed by atoms with Crippen molar-refractivity contribution < 1.29 is 5.11 Å². The van der Waals surface area contributed by atoms with Crippen LogP contribution in [0.1, 0.15) is 18.4 Å². The standard InChI is InChI=1S/C11H14N4O/c12-4-7-3-9(13)11(14-5-7)15-6-10(16)8-1-2-8/h3,5,8,10,16H,1-2,6,13H2,(H,14,15). The number of anilines is 2. The third-order valence-corrected chi connectivity index (χ3v) is 2.69. The zero-order valence-corrected chi connectivity index (χ0v) is 8.85. The molecule has 1 unspecified atom stereocenters. The number of nitrogens with two attached hydrogens (primary N) is 1. The van der Waals surface area contributed by atoms with Gasteiger partial charge in [-0.3, -0.25) is 0 Å². The zero-order valence-electron chi connectivity index (χ0n) is 8.85. The van der Waals surface area contributed by atoms with Gasteiger partial charge in [0.2, 0.25) is 0 Å². The van der Waals surface area contributed by atoms with Crippen LogP contribution >= 0.6 is 0 Å². The Bertz CT molecular complexity index is 422. The molecule has 84 valence electrons. The van der Waals surface area contributed by atoms with E-state index in [4.69, 9.17) is 11.0 Å². The van der Waals surface area contributed by atoms with Gasteiger partial charge in [0.05, 0.1) is 17.4 Å². The SMILES string of the molecule is N#Cc1cnc(NCC(O)C2CC2)c(N)c1. The van der Waals surface area contributed by atoms with Crippen molar-refractivity contribution in [3.8, 4) is 6.07 Å². The molecule has 1 atom stereocenters. The van der Waals surface area contributed by atoms with Crippen molar-refractivity contribution in [2.24, 2.45) is 5.92 Å². The number of aliphatic hydroxyl groups excluding tert-OH is 1. The van der Waals surface area contributed by atoms with E-state index in [1.165, 1.54) is 6.20 Å². The predicted molar refractivity (Wildman–Crippen MR) is 60.6 cm³/mol. The second-order valence-electron chi connectivity index (χ2n) is 4.06. The Kier molecular flexibility index (Phi) is 2.93. The summed E-state index contributed by atoms with van der Waals surface area (Å²) in [6, 6.07) is 3.54. The normalized spacial score (nSPS) is 16.5. The number of pyridine rings is 1. The smallest absolute Gasteiger partial charge is 0.149 e. The quantitative estimate of drug-likeness (QED) is 0.692. The van der Waals surface area contributed by atoms with Crippen LogP contribution in [0.3, 0.4) is 0 Å². The second-order valence-corrected chi connectivity index (χ2v) is 4.06. The van der Waals surface area contributed by atoms with Crippen molar-refractivity contribution in [1.29, 1.82) is 5.26 Å². The maximum atomic E-state index is 9.66. The molecule has 0 aromatic carbocycles. The molecular weight excluding hydrogens is 204 g/mol. The van der Waals surface area contributed by atoms with Crippen LogP contribution in [-0.2, 0) is 0 Å². The van der Waals surface area contributed by atoms with Gasteiger partial charge in [-0.1, -0.05) is 0 Å². The summed E-state index contributed by atoms with van der Waals surface area (Å²) in [6.07, 6.45) is 3.32. The summed E-state index contributed by atoms with van der Waals surface area (Å²) in [7, 11) is 0. The first-order valence-electron chi connectivity index (χ1n) is 5.28. The summed E-state index contributed by atoms with van der Waals surface area (Å²) >= 11 is 0. The van der Waals surface area contributed by atoms with Gasteiger partial charge in [-0.25, -0.2) is 4.98 Å². The lowest BCUT2D eigenvalue weighted by Gasteiger charge is -2.12. The van der Waals surface area contributed by atoms with Gasteiger partial charge < -0.3 is 16.2 Å². The van der Waals surface area contributed by atoms with Gasteiger partial charge in [0.25, 0.3) is 0 Å². The van der Waals surface area contributed by atoms with E-state index in [1.54, 1.807) is 6.07 Å². The molecule has 5 nitrogen and oxygen atoms in total. The number of nitrogens with one attached hydrogen (secondary N) is 1. The second kappa shape index (κ2) is 4.37. The van der Waals surface area contributed by atoms with Gasteiger partial charge in [0, 0.05) is 12.7 Å². The highest BCUT2D eigenvalue weighted by Gasteiger charge is 2.29. The number of nitrogens with zero attached hydrogens (tertiary/aromatic N) is 2. The van der Waals surface area contributed by atoms with Crippen molar-refractivity contribution >= 4 is 11.5 Å². The maximum absolute atomic E-state index is 9.66. The Balaban J connectivity index is 1.96. The fraction of sp³-hybridized carbons (Fsp3) is 0.455. The van der Waals surface area contributed by atoms with Crippen molar-refractivity contribution in [2.75, 3.05) is 17.6 Å². The lowest BCUT2D eigenvalue weighted by molar-refractivity contribution is 0.164. The van der Waals surface area contributed by atoms with Crippen LogP contribution in [0.4, 0.5) is 11.5 Å². The van der Waals surface area contributed by atoms with E-state index in [1.807, 2.05) is 6.07 Å². The number of nitrogen functional groups attached to an aromatic ring is 1. The first-order valence-corrected chi connectivity index (χ1v) is 5.28. The summed E-state index contributed by atoms with van der Waals surface area (Å²) in [6.45, 7) is 0.452. The predicted octanol–water partition coefficient (Wildman–Crippen LogP) is 0.718. The van der Waals surface area contributed by atoms with Crippen LogP contribution in [0.2, 0.25) is 0 Å². The minimum Gasteiger partial charge on any atom is -0.396 e. The van der Waals surface area contributed by atoms with Gasteiger partial charge >= 0.3 is 0 Å². The van der Waals surface area contributed by atoms with Crippen LogP contribution in [0.25, 0.3) is 0 Å². The molecule has 1 aliphatic carbocycles. The average Bonchev–Trinajstić information content (AvgIpc) is 3.10. The van der Waals surface area contributed by atoms with Gasteiger partial charge in [0.15, 0.2) is 0 Å². The van der Waals surface area contributed by atoms with Gasteiger partial charge in [0.1, 0.15) is 11.9 Å². The number of hydrogen-bond donors (Lipinski definition) is 3. The number of nitriles is 1. The lowest BCUT2D eigenvalue weighted by atomic mass is 10.2. The molecule has 0 saturated heterocycles. The third kappa shape index (κ3) is 2.41. The lowest BCUT2D eigenvalue weighted by Crippen LogP contribution is -2.22. The van der Waals surface area contributed by atoms with Gasteiger partial charge in [-0.2, -0.15) is 5.26 Å². The Morgan fingerprint density at radius 2 is 2.44 bits per heavy atom. The fourth-order valence-corrected chi connectivity index (χ4v) is 1.54. The number of aromatic nitrogens is 1. The minimum absolute atomic E-state index is 0.336. The van der Waals surface area contributed by atoms with Gasteiger partial charge in [-0.05, 0) is 24.8 Å². The van der Waals surface area contributed by atoms with Crippen molar-refractivity contribution in [1.82, 2.24) is 4.98 Å². The van der Waals surface area contributed by atoms with E-state index in [-0.39, 0.29) is 6.10 Å². The van der Waals surface area contributed by atoms with E-state index in [0.717, 1.165) is 12.8 Å². The third-order valence-electron chi connectivity index (χ3n) is 2.69. The molecule has 1 aromatic heterocycles. The summed E-state index contributed by atoms with van der Waals surface area (Å²) in [5, 5.41) is 21.3. The van der Waals surface area contributed by atoms with Crippen molar-refractivity contribution in [3.63, 3.8) is 0 Å². The molecule has 2 rings (SSSR count). The molecule has 1 aromatic rings. The molecule has 1 aliphatic rings. The first kappa shape index (κ1) is 10.7. The van der Waals surface area contributed by atoms with Crippen LogP contribution < -0.4 is 11.1 Å². The number of aliphatic hydroxyl groups is 1. The summed E-state index contributed by atoms with van der Waals surface area (Å²) < 4.78 is 0. The molecule has 1 heterocycles. The highest BCUT2D eigenvalue weighted by Crippen LogP contribution is 2.32. The maximum Gasteiger partial charge on any atom is 0.149 e. The first-order chi connectivity index (χ1) is 7.70. The van der Waals surface area contributed by atoms with E-state index in [0.29, 0.717) is 29.5 Å². The summed E-state index contributed by atoms with van der Waals surface area (Å²) in [5.74, 6) is 0.950. The van der Waals surface area contributed by atoms with Crippen LogP contribution in [0, 0.1) is 17.2 Å². The van der Waals surface area contributed by atoms with Crippen LogP contribution in [-0.4, -0.2) is 22.7 Å². The molecule has 0 bridgehead atoms. The van der Waals surface area contributed by atoms with E-state index in [9.17, 15) is 5.11 Å². The van der Waals surface area contributed by atoms with E-state index >= 15 is 0 Å².